The quantitative estimate of drug-likeness (QED) is 0.852. The summed E-state index contributed by atoms with van der Waals surface area (Å²) in [6.07, 6.45) is 0.504. The van der Waals surface area contributed by atoms with Gasteiger partial charge >= 0.3 is 6.61 Å². The van der Waals surface area contributed by atoms with E-state index >= 15 is 0 Å². The van der Waals surface area contributed by atoms with Crippen molar-refractivity contribution in [3.63, 3.8) is 0 Å². The molecule has 8 heteroatoms. The first-order chi connectivity index (χ1) is 12.5. The standard InChI is InChI=1S/C18H17F3N2O3/c1-25-14-4-2-3-12(16(14)26-18(20)21)17(24)23-13-6-5-10-9-22-8-7-11(10)15(13)19/h2-6,18,22H,7-9H2,1H3,(H,23,24). The number of hydrogen-bond donors (Lipinski definition) is 2. The average molecular weight is 366 g/mol. The van der Waals surface area contributed by atoms with Crippen LogP contribution in [-0.2, 0) is 13.0 Å². The number of amides is 1. The minimum Gasteiger partial charge on any atom is -0.493 e. The Morgan fingerprint density at radius 3 is 2.81 bits per heavy atom. The first kappa shape index (κ1) is 18.1. The second-order valence-electron chi connectivity index (χ2n) is 5.66. The Morgan fingerprint density at radius 2 is 2.08 bits per heavy atom. The van der Waals surface area contributed by atoms with Crippen molar-refractivity contribution >= 4 is 11.6 Å². The zero-order valence-corrected chi connectivity index (χ0v) is 13.9. The van der Waals surface area contributed by atoms with Gasteiger partial charge in [0.25, 0.3) is 5.91 Å². The summed E-state index contributed by atoms with van der Waals surface area (Å²) in [5.74, 6) is -1.70. The highest BCUT2D eigenvalue weighted by Gasteiger charge is 2.22. The van der Waals surface area contributed by atoms with Crippen LogP contribution in [0.25, 0.3) is 0 Å². The molecule has 1 aliphatic rings. The minimum atomic E-state index is -3.13. The number of para-hydroxylation sites is 1. The zero-order chi connectivity index (χ0) is 18.7. The Kier molecular flexibility index (Phi) is 5.32. The van der Waals surface area contributed by atoms with Gasteiger partial charge in [0, 0.05) is 6.54 Å². The van der Waals surface area contributed by atoms with E-state index < -0.39 is 24.1 Å². The van der Waals surface area contributed by atoms with E-state index in [9.17, 15) is 18.0 Å². The Hall–Kier alpha value is -2.74. The van der Waals surface area contributed by atoms with E-state index in [0.29, 0.717) is 25.1 Å². The van der Waals surface area contributed by atoms with Crippen molar-refractivity contribution in [1.82, 2.24) is 5.32 Å². The van der Waals surface area contributed by atoms with Gasteiger partial charge in [-0.1, -0.05) is 12.1 Å². The fourth-order valence-corrected chi connectivity index (χ4v) is 2.89. The number of rotatable bonds is 5. The number of ether oxygens (including phenoxy) is 2. The number of alkyl halides is 2. The van der Waals surface area contributed by atoms with Crippen LogP contribution < -0.4 is 20.1 Å². The number of benzene rings is 2. The molecule has 0 saturated heterocycles. The largest absolute Gasteiger partial charge is 0.493 e. The van der Waals surface area contributed by atoms with Gasteiger partial charge in [-0.15, -0.1) is 0 Å². The molecule has 0 spiro atoms. The third kappa shape index (κ3) is 3.60. The predicted molar refractivity (Wildman–Crippen MR) is 89.4 cm³/mol. The van der Waals surface area contributed by atoms with Crippen LogP contribution in [0.5, 0.6) is 11.5 Å². The molecule has 138 valence electrons. The molecule has 3 rings (SSSR count). The van der Waals surface area contributed by atoms with Crippen LogP contribution >= 0.6 is 0 Å². The van der Waals surface area contributed by atoms with E-state index in [1.54, 1.807) is 6.07 Å². The van der Waals surface area contributed by atoms with Crippen LogP contribution in [0, 0.1) is 5.82 Å². The highest BCUT2D eigenvalue weighted by molar-refractivity contribution is 6.06. The van der Waals surface area contributed by atoms with Crippen LogP contribution in [0.1, 0.15) is 21.5 Å². The van der Waals surface area contributed by atoms with Crippen molar-refractivity contribution in [2.75, 3.05) is 19.0 Å². The molecule has 1 amide bonds. The maximum Gasteiger partial charge on any atom is 0.387 e. The molecule has 2 aromatic carbocycles. The Morgan fingerprint density at radius 1 is 1.27 bits per heavy atom. The fourth-order valence-electron chi connectivity index (χ4n) is 2.89. The summed E-state index contributed by atoms with van der Waals surface area (Å²) >= 11 is 0. The highest BCUT2D eigenvalue weighted by Crippen LogP contribution is 2.33. The third-order valence-electron chi connectivity index (χ3n) is 4.11. The van der Waals surface area contributed by atoms with Crippen LogP contribution in [0.3, 0.4) is 0 Å². The maximum atomic E-state index is 14.7. The van der Waals surface area contributed by atoms with E-state index in [-0.39, 0.29) is 17.0 Å². The lowest BCUT2D eigenvalue weighted by Crippen LogP contribution is -2.25. The molecule has 5 nitrogen and oxygen atoms in total. The number of hydrogen-bond acceptors (Lipinski definition) is 4. The molecule has 0 bridgehead atoms. The first-order valence-corrected chi connectivity index (χ1v) is 7.95. The Balaban J connectivity index is 1.91. The third-order valence-corrected chi connectivity index (χ3v) is 4.11. The molecule has 2 N–H and O–H groups in total. The average Bonchev–Trinajstić information content (AvgIpc) is 2.64. The van der Waals surface area contributed by atoms with Gasteiger partial charge in [-0.2, -0.15) is 8.78 Å². The van der Waals surface area contributed by atoms with Gasteiger partial charge in [0.2, 0.25) is 0 Å². The number of carbonyl (C=O) groups is 1. The molecule has 2 aromatic rings. The van der Waals surface area contributed by atoms with Gasteiger partial charge in [0.15, 0.2) is 11.5 Å². The molecule has 0 atom stereocenters. The summed E-state index contributed by atoms with van der Waals surface area (Å²) in [5, 5.41) is 5.56. The van der Waals surface area contributed by atoms with Crippen LogP contribution in [-0.4, -0.2) is 26.2 Å². The summed E-state index contributed by atoms with van der Waals surface area (Å²) in [7, 11) is 1.27. The lowest BCUT2D eigenvalue weighted by molar-refractivity contribution is -0.0515. The zero-order valence-electron chi connectivity index (χ0n) is 13.9. The van der Waals surface area contributed by atoms with Gasteiger partial charge in [0.05, 0.1) is 18.4 Å². The van der Waals surface area contributed by atoms with E-state index in [0.717, 1.165) is 5.56 Å². The van der Waals surface area contributed by atoms with E-state index in [1.165, 1.54) is 31.4 Å². The Bertz CT molecular complexity index is 828. The summed E-state index contributed by atoms with van der Waals surface area (Å²) < 4.78 is 49.4. The SMILES string of the molecule is COc1cccc(C(=O)Nc2ccc3c(c2F)CCNC3)c1OC(F)F. The molecule has 0 unspecified atom stereocenters. The van der Waals surface area contributed by atoms with Gasteiger partial charge in [0.1, 0.15) is 5.82 Å². The number of anilines is 1. The monoisotopic (exact) mass is 366 g/mol. The van der Waals surface area contributed by atoms with Crippen LogP contribution in [0.4, 0.5) is 18.9 Å². The molecule has 0 radical (unpaired) electrons. The molecule has 1 aliphatic heterocycles. The van der Waals surface area contributed by atoms with Crippen molar-refractivity contribution < 1.29 is 27.4 Å². The van der Waals surface area contributed by atoms with Crippen molar-refractivity contribution in [3.8, 4) is 11.5 Å². The van der Waals surface area contributed by atoms with Gasteiger partial charge in [-0.3, -0.25) is 4.79 Å². The predicted octanol–water partition coefficient (Wildman–Crippen LogP) is 3.33. The number of carbonyl (C=O) groups excluding carboxylic acids is 1. The van der Waals surface area contributed by atoms with Crippen molar-refractivity contribution in [1.29, 1.82) is 0 Å². The topological polar surface area (TPSA) is 59.6 Å². The second kappa shape index (κ2) is 7.65. The highest BCUT2D eigenvalue weighted by atomic mass is 19.3. The molecular formula is C18H17F3N2O3. The summed E-state index contributed by atoms with van der Waals surface area (Å²) in [5.41, 5.74) is 1.18. The first-order valence-electron chi connectivity index (χ1n) is 7.95. The summed E-state index contributed by atoms with van der Waals surface area (Å²) in [6.45, 7) is -1.93. The maximum absolute atomic E-state index is 14.7. The summed E-state index contributed by atoms with van der Waals surface area (Å²) in [6, 6.07) is 7.33. The fraction of sp³-hybridized carbons (Fsp3) is 0.278. The summed E-state index contributed by atoms with van der Waals surface area (Å²) in [4.78, 5) is 12.5. The molecule has 0 fully saturated rings. The number of methoxy groups -OCH3 is 1. The van der Waals surface area contributed by atoms with Crippen molar-refractivity contribution in [2.24, 2.45) is 0 Å². The van der Waals surface area contributed by atoms with E-state index in [2.05, 4.69) is 15.4 Å². The molecular weight excluding hydrogens is 349 g/mol. The minimum absolute atomic E-state index is 0.0125. The number of fused-ring (bicyclic) bond motifs is 1. The van der Waals surface area contributed by atoms with Gasteiger partial charge < -0.3 is 20.1 Å². The molecule has 1 heterocycles. The normalized spacial score (nSPS) is 13.3. The van der Waals surface area contributed by atoms with E-state index in [1.807, 2.05) is 0 Å². The van der Waals surface area contributed by atoms with Crippen LogP contribution in [0.2, 0.25) is 0 Å². The van der Waals surface area contributed by atoms with Crippen molar-refractivity contribution in [2.45, 2.75) is 19.6 Å². The molecule has 0 saturated carbocycles. The van der Waals surface area contributed by atoms with Gasteiger partial charge in [-0.05, 0) is 42.3 Å². The lowest BCUT2D eigenvalue weighted by atomic mass is 9.99. The number of nitrogens with one attached hydrogen (secondary N) is 2. The van der Waals surface area contributed by atoms with Crippen LogP contribution in [0.15, 0.2) is 30.3 Å². The Labute approximate surface area is 148 Å². The molecule has 0 aliphatic carbocycles. The van der Waals surface area contributed by atoms with Crippen molar-refractivity contribution in [3.05, 3.63) is 52.8 Å². The number of halogens is 3. The van der Waals surface area contributed by atoms with Gasteiger partial charge in [-0.25, -0.2) is 4.39 Å². The second-order valence-corrected chi connectivity index (χ2v) is 5.66. The molecule has 0 aromatic heterocycles. The molecule has 26 heavy (non-hydrogen) atoms. The smallest absolute Gasteiger partial charge is 0.387 e. The van der Waals surface area contributed by atoms with E-state index in [4.69, 9.17) is 4.74 Å². The lowest BCUT2D eigenvalue weighted by Gasteiger charge is -2.20.